The van der Waals surface area contributed by atoms with E-state index in [-0.39, 0.29) is 5.91 Å². The van der Waals surface area contributed by atoms with Gasteiger partial charge in [0.2, 0.25) is 0 Å². The third-order valence-electron chi connectivity index (χ3n) is 7.36. The molecule has 1 saturated carbocycles. The first kappa shape index (κ1) is 19.1. The zero-order valence-corrected chi connectivity index (χ0v) is 18.1. The minimum absolute atomic E-state index is 0.159. The van der Waals surface area contributed by atoms with Crippen LogP contribution in [0, 0.1) is 5.92 Å². The lowest BCUT2D eigenvalue weighted by Crippen LogP contribution is -2.45. The lowest BCUT2D eigenvalue weighted by molar-refractivity contribution is 0.0646. The van der Waals surface area contributed by atoms with Gasteiger partial charge in [-0.25, -0.2) is 0 Å². The number of aromatic nitrogens is 3. The Morgan fingerprint density at radius 2 is 1.77 bits per heavy atom. The number of likely N-dealkylation sites (tertiary alicyclic amines) is 2. The van der Waals surface area contributed by atoms with Gasteiger partial charge >= 0.3 is 0 Å². The van der Waals surface area contributed by atoms with Crippen molar-refractivity contribution in [3.63, 3.8) is 0 Å². The number of hydrogen-bond acceptors (Lipinski definition) is 3. The highest BCUT2D eigenvalue weighted by atomic mass is 16.2. The molecule has 3 aromatic rings. The fourth-order valence-electron chi connectivity index (χ4n) is 5.40. The minimum Gasteiger partial charge on any atom is -0.338 e. The van der Waals surface area contributed by atoms with Crippen LogP contribution in [0.5, 0.6) is 0 Å². The van der Waals surface area contributed by atoms with Crippen LogP contribution in [0.2, 0.25) is 0 Å². The summed E-state index contributed by atoms with van der Waals surface area (Å²) in [4.78, 5) is 18.2. The van der Waals surface area contributed by atoms with E-state index in [0.29, 0.717) is 6.04 Å². The van der Waals surface area contributed by atoms with Crippen molar-refractivity contribution >= 4 is 11.4 Å². The van der Waals surface area contributed by atoms with Gasteiger partial charge in [0.05, 0.1) is 16.8 Å². The lowest BCUT2D eigenvalue weighted by Gasteiger charge is -2.36. The van der Waals surface area contributed by atoms with Gasteiger partial charge < -0.3 is 14.2 Å². The summed E-state index contributed by atoms with van der Waals surface area (Å²) in [5.41, 5.74) is 3.71. The van der Waals surface area contributed by atoms with E-state index in [1.165, 1.54) is 38.8 Å². The maximum absolute atomic E-state index is 13.5. The number of pyridine rings is 1. The van der Waals surface area contributed by atoms with Gasteiger partial charge in [0.15, 0.2) is 0 Å². The first-order valence-corrected chi connectivity index (χ1v) is 11.9. The largest absolute Gasteiger partial charge is 0.338 e. The van der Waals surface area contributed by atoms with Gasteiger partial charge in [-0.05, 0) is 81.8 Å². The Morgan fingerprint density at radius 1 is 0.968 bits per heavy atom. The highest BCUT2D eigenvalue weighted by Crippen LogP contribution is 2.32. The van der Waals surface area contributed by atoms with Crippen molar-refractivity contribution in [3.05, 3.63) is 48.3 Å². The molecule has 2 aliphatic heterocycles. The fourth-order valence-corrected chi connectivity index (χ4v) is 5.40. The number of piperidine rings is 1. The van der Waals surface area contributed by atoms with E-state index in [0.717, 1.165) is 60.9 Å². The standard InChI is InChI=1S/C25H31N5O/c31-25(28-14-8-20(9-15-28)27-11-3-4-12-27)21-17-24(30-13-2-1-5-23(21)30)22-10-16-29(26-22)18-19-6-7-19/h1-2,5,10,13,16-17,19-20H,3-4,6-9,11-12,14-15,18H2. The molecule has 0 radical (unpaired) electrons. The average molecular weight is 418 g/mol. The molecule has 6 heteroatoms. The van der Waals surface area contributed by atoms with Crippen molar-refractivity contribution in [2.24, 2.45) is 5.92 Å². The summed E-state index contributed by atoms with van der Waals surface area (Å²) in [6.07, 6.45) is 11.6. The molecule has 6 rings (SSSR count). The maximum atomic E-state index is 13.5. The van der Waals surface area contributed by atoms with Gasteiger partial charge in [0.25, 0.3) is 5.91 Å². The van der Waals surface area contributed by atoms with Crippen LogP contribution in [0.15, 0.2) is 42.7 Å². The molecule has 3 aliphatic rings. The van der Waals surface area contributed by atoms with Crippen LogP contribution in [0.3, 0.4) is 0 Å². The van der Waals surface area contributed by atoms with Crippen LogP contribution in [-0.2, 0) is 6.54 Å². The van der Waals surface area contributed by atoms with Gasteiger partial charge in [0, 0.05) is 38.1 Å². The zero-order valence-electron chi connectivity index (χ0n) is 18.1. The first-order valence-electron chi connectivity index (χ1n) is 11.9. The van der Waals surface area contributed by atoms with Crippen LogP contribution in [0.4, 0.5) is 0 Å². The maximum Gasteiger partial charge on any atom is 0.256 e. The molecular weight excluding hydrogens is 386 g/mol. The van der Waals surface area contributed by atoms with Crippen molar-refractivity contribution in [1.82, 2.24) is 24.0 Å². The molecule has 0 unspecified atom stereocenters. The number of fused-ring (bicyclic) bond motifs is 1. The SMILES string of the molecule is O=C(c1cc(-c2ccn(CC3CC3)n2)n2ccccc12)N1CCC(N2CCCC2)CC1. The molecule has 0 aromatic carbocycles. The van der Waals surface area contributed by atoms with E-state index < -0.39 is 0 Å². The number of hydrogen-bond donors (Lipinski definition) is 0. The molecule has 31 heavy (non-hydrogen) atoms. The Morgan fingerprint density at radius 3 is 2.55 bits per heavy atom. The van der Waals surface area contributed by atoms with Crippen molar-refractivity contribution < 1.29 is 4.79 Å². The molecule has 0 N–H and O–H groups in total. The molecule has 3 aromatic heterocycles. The van der Waals surface area contributed by atoms with E-state index in [1.54, 1.807) is 0 Å². The van der Waals surface area contributed by atoms with Crippen molar-refractivity contribution in [1.29, 1.82) is 0 Å². The van der Waals surface area contributed by atoms with Gasteiger partial charge in [-0.3, -0.25) is 9.48 Å². The summed E-state index contributed by atoms with van der Waals surface area (Å²) >= 11 is 0. The van der Waals surface area contributed by atoms with E-state index in [9.17, 15) is 4.79 Å². The molecule has 1 aliphatic carbocycles. The molecule has 1 amide bonds. The van der Waals surface area contributed by atoms with Crippen LogP contribution in [-0.4, -0.2) is 62.1 Å². The van der Waals surface area contributed by atoms with Crippen molar-refractivity contribution in [2.45, 2.75) is 51.1 Å². The third-order valence-corrected chi connectivity index (χ3v) is 7.36. The molecule has 162 valence electrons. The number of carbonyl (C=O) groups is 1. The summed E-state index contributed by atoms with van der Waals surface area (Å²) in [5.74, 6) is 0.949. The van der Waals surface area contributed by atoms with Gasteiger partial charge in [-0.15, -0.1) is 0 Å². The van der Waals surface area contributed by atoms with Crippen LogP contribution in [0.1, 0.15) is 48.9 Å². The molecule has 2 saturated heterocycles. The number of nitrogens with zero attached hydrogens (tertiary/aromatic N) is 5. The van der Waals surface area contributed by atoms with Crippen LogP contribution >= 0.6 is 0 Å². The summed E-state index contributed by atoms with van der Waals surface area (Å²) in [6.45, 7) is 5.19. The predicted molar refractivity (Wildman–Crippen MR) is 121 cm³/mol. The first-order chi connectivity index (χ1) is 15.3. The number of amides is 1. The Hall–Kier alpha value is -2.60. The fraction of sp³-hybridized carbons (Fsp3) is 0.520. The second-order valence-electron chi connectivity index (χ2n) is 9.53. The predicted octanol–water partition coefficient (Wildman–Crippen LogP) is 3.91. The normalized spacial score (nSPS) is 20.7. The Labute approximate surface area is 183 Å². The van der Waals surface area contributed by atoms with E-state index >= 15 is 0 Å². The quantitative estimate of drug-likeness (QED) is 0.632. The molecule has 0 bridgehead atoms. The number of carbonyl (C=O) groups excluding carboxylic acids is 1. The highest BCUT2D eigenvalue weighted by molar-refractivity contribution is 6.02. The average Bonchev–Trinajstić information content (AvgIpc) is 3.21. The highest BCUT2D eigenvalue weighted by Gasteiger charge is 2.30. The molecular formula is C25H31N5O. The third kappa shape index (κ3) is 3.67. The monoisotopic (exact) mass is 417 g/mol. The number of rotatable bonds is 5. The molecule has 5 heterocycles. The summed E-state index contributed by atoms with van der Waals surface area (Å²) < 4.78 is 4.17. The van der Waals surface area contributed by atoms with Crippen LogP contribution in [0.25, 0.3) is 16.9 Å². The van der Waals surface area contributed by atoms with E-state index in [4.69, 9.17) is 5.10 Å². The van der Waals surface area contributed by atoms with Gasteiger partial charge in [0.1, 0.15) is 5.69 Å². The summed E-state index contributed by atoms with van der Waals surface area (Å²) in [7, 11) is 0. The van der Waals surface area contributed by atoms with E-state index in [2.05, 4.69) is 37.2 Å². The Bertz CT molecular complexity index is 1080. The minimum atomic E-state index is 0.159. The summed E-state index contributed by atoms with van der Waals surface area (Å²) in [6, 6.07) is 10.9. The van der Waals surface area contributed by atoms with Crippen molar-refractivity contribution in [2.75, 3.05) is 26.2 Å². The molecule has 0 atom stereocenters. The van der Waals surface area contributed by atoms with Crippen LogP contribution < -0.4 is 0 Å². The second-order valence-corrected chi connectivity index (χ2v) is 9.53. The smallest absolute Gasteiger partial charge is 0.256 e. The van der Waals surface area contributed by atoms with Crippen molar-refractivity contribution in [3.8, 4) is 11.4 Å². The lowest BCUT2D eigenvalue weighted by atomic mass is 10.0. The van der Waals surface area contributed by atoms with Gasteiger partial charge in [-0.1, -0.05) is 6.07 Å². The van der Waals surface area contributed by atoms with Gasteiger partial charge in [-0.2, -0.15) is 5.10 Å². The Balaban J connectivity index is 1.25. The summed E-state index contributed by atoms with van der Waals surface area (Å²) in [5, 5.41) is 4.82. The second kappa shape index (κ2) is 7.83. The molecule has 0 spiro atoms. The molecule has 6 nitrogen and oxygen atoms in total. The molecule has 3 fully saturated rings. The van der Waals surface area contributed by atoms with E-state index in [1.807, 2.05) is 24.4 Å². The Kier molecular flexibility index (Phi) is 4.82. The zero-order chi connectivity index (χ0) is 20.8. The topological polar surface area (TPSA) is 45.8 Å².